The summed E-state index contributed by atoms with van der Waals surface area (Å²) in [6, 6.07) is 2.80. The molecule has 0 aliphatic rings. The lowest BCUT2D eigenvalue weighted by Crippen LogP contribution is -2.18. The normalized spacial score (nSPS) is 8.58. The van der Waals surface area contributed by atoms with Crippen LogP contribution in [-0.4, -0.2) is 16.0 Å². The summed E-state index contributed by atoms with van der Waals surface area (Å²) in [5.41, 5.74) is -0.154. The van der Waals surface area contributed by atoms with Gasteiger partial charge in [-0.15, -0.1) is 0 Å². The molecule has 60 valence electrons. The highest BCUT2D eigenvalue weighted by molar-refractivity contribution is 5.95. The van der Waals surface area contributed by atoms with Crippen LogP contribution < -0.4 is 5.32 Å². The lowest BCUT2D eigenvalue weighted by molar-refractivity contribution is 0.0965. The van der Waals surface area contributed by atoms with Crippen molar-refractivity contribution >= 4 is 5.91 Å². The second-order valence-electron chi connectivity index (χ2n) is 1.94. The number of pyridine rings is 1. The van der Waals surface area contributed by atoms with Crippen molar-refractivity contribution in [3.8, 4) is 11.9 Å². The number of aromatic hydroxyl groups is 1. The van der Waals surface area contributed by atoms with Gasteiger partial charge in [0.25, 0.3) is 5.91 Å². The molecular formula is C7H5N3O2. The number of hydrogen-bond donors (Lipinski definition) is 2. The summed E-state index contributed by atoms with van der Waals surface area (Å²) < 4.78 is 0. The Bertz CT molecular complexity index is 343. The van der Waals surface area contributed by atoms with Crippen molar-refractivity contribution in [2.24, 2.45) is 0 Å². The SMILES string of the molecule is N#CNC(=O)c1ncccc1O. The fourth-order valence-electron chi connectivity index (χ4n) is 0.682. The Morgan fingerprint density at radius 2 is 2.50 bits per heavy atom. The molecule has 0 fully saturated rings. The van der Waals surface area contributed by atoms with E-state index in [1.54, 1.807) is 0 Å². The molecule has 0 aliphatic carbocycles. The maximum Gasteiger partial charge on any atom is 0.286 e. The first kappa shape index (κ1) is 8.01. The summed E-state index contributed by atoms with van der Waals surface area (Å²) in [6.07, 6.45) is 2.80. The molecule has 1 amide bonds. The predicted octanol–water partition coefficient (Wildman–Crippen LogP) is -0.00192. The standard InChI is InChI=1S/C7H5N3O2/c8-4-10-7(12)6-5(11)2-1-3-9-6/h1-3,11H,(H,10,12). The first-order chi connectivity index (χ1) is 5.75. The number of nitrogens with one attached hydrogen (secondary N) is 1. The average molecular weight is 163 g/mol. The third-order valence-electron chi connectivity index (χ3n) is 1.17. The minimum Gasteiger partial charge on any atom is -0.505 e. The monoisotopic (exact) mass is 163 g/mol. The number of rotatable bonds is 1. The van der Waals surface area contributed by atoms with Gasteiger partial charge in [-0.3, -0.25) is 10.1 Å². The molecule has 0 atom stereocenters. The maximum atomic E-state index is 10.9. The molecule has 0 aromatic carbocycles. The molecule has 1 rings (SSSR count). The zero-order valence-electron chi connectivity index (χ0n) is 5.98. The van der Waals surface area contributed by atoms with Crippen LogP contribution in [0.1, 0.15) is 10.5 Å². The van der Waals surface area contributed by atoms with E-state index in [9.17, 15) is 4.79 Å². The van der Waals surface area contributed by atoms with E-state index >= 15 is 0 Å². The fraction of sp³-hybridized carbons (Fsp3) is 0. The van der Waals surface area contributed by atoms with Crippen LogP contribution in [0.5, 0.6) is 5.75 Å². The molecule has 0 unspecified atom stereocenters. The molecule has 12 heavy (non-hydrogen) atoms. The number of amides is 1. The average Bonchev–Trinajstić information content (AvgIpc) is 2.05. The number of carbonyl (C=O) groups is 1. The van der Waals surface area contributed by atoms with E-state index in [4.69, 9.17) is 10.4 Å². The molecule has 0 saturated heterocycles. The van der Waals surface area contributed by atoms with Gasteiger partial charge < -0.3 is 5.11 Å². The minimum atomic E-state index is -0.712. The second-order valence-corrected chi connectivity index (χ2v) is 1.94. The number of carbonyl (C=O) groups excluding carboxylic acids is 1. The van der Waals surface area contributed by atoms with Gasteiger partial charge in [0.1, 0.15) is 5.75 Å². The summed E-state index contributed by atoms with van der Waals surface area (Å²) >= 11 is 0. The maximum absolute atomic E-state index is 10.9. The zero-order chi connectivity index (χ0) is 8.97. The van der Waals surface area contributed by atoms with E-state index < -0.39 is 5.91 Å². The summed E-state index contributed by atoms with van der Waals surface area (Å²) in [4.78, 5) is 14.5. The topological polar surface area (TPSA) is 86.0 Å². The Balaban J connectivity index is 2.97. The molecule has 0 radical (unpaired) electrons. The van der Waals surface area contributed by atoms with Crippen molar-refractivity contribution < 1.29 is 9.90 Å². The quantitative estimate of drug-likeness (QED) is 0.450. The van der Waals surface area contributed by atoms with Crippen LogP contribution >= 0.6 is 0 Å². The lowest BCUT2D eigenvalue weighted by atomic mass is 10.3. The van der Waals surface area contributed by atoms with Gasteiger partial charge in [-0.1, -0.05) is 0 Å². The predicted molar refractivity (Wildman–Crippen MR) is 39.0 cm³/mol. The van der Waals surface area contributed by atoms with Crippen molar-refractivity contribution in [3.05, 3.63) is 24.0 Å². The fourth-order valence-corrected chi connectivity index (χ4v) is 0.682. The van der Waals surface area contributed by atoms with E-state index in [0.717, 1.165) is 0 Å². The van der Waals surface area contributed by atoms with Gasteiger partial charge in [-0.05, 0) is 12.1 Å². The molecule has 5 nitrogen and oxygen atoms in total. The van der Waals surface area contributed by atoms with Crippen LogP contribution in [0.3, 0.4) is 0 Å². The Hall–Kier alpha value is -2.09. The third-order valence-corrected chi connectivity index (χ3v) is 1.17. The molecule has 0 spiro atoms. The Kier molecular flexibility index (Phi) is 2.23. The summed E-state index contributed by atoms with van der Waals surface area (Å²) in [5.74, 6) is -0.958. The zero-order valence-corrected chi connectivity index (χ0v) is 5.98. The van der Waals surface area contributed by atoms with Gasteiger partial charge in [-0.2, -0.15) is 5.26 Å². The molecule has 0 saturated carbocycles. The number of nitrogens with zero attached hydrogens (tertiary/aromatic N) is 2. The smallest absolute Gasteiger partial charge is 0.286 e. The highest BCUT2D eigenvalue weighted by atomic mass is 16.3. The largest absolute Gasteiger partial charge is 0.505 e. The number of hydrogen-bond acceptors (Lipinski definition) is 4. The van der Waals surface area contributed by atoms with Crippen LogP contribution in [0.2, 0.25) is 0 Å². The summed E-state index contributed by atoms with van der Waals surface area (Å²) in [7, 11) is 0. The van der Waals surface area contributed by atoms with Crippen LogP contribution in [0.25, 0.3) is 0 Å². The van der Waals surface area contributed by atoms with Crippen molar-refractivity contribution in [2.75, 3.05) is 0 Å². The van der Waals surface area contributed by atoms with E-state index in [1.165, 1.54) is 24.5 Å². The van der Waals surface area contributed by atoms with Crippen LogP contribution in [0.4, 0.5) is 0 Å². The Morgan fingerprint density at radius 1 is 1.75 bits per heavy atom. The highest BCUT2D eigenvalue weighted by Crippen LogP contribution is 2.11. The first-order valence-corrected chi connectivity index (χ1v) is 3.09. The molecule has 1 aromatic heterocycles. The van der Waals surface area contributed by atoms with E-state index in [1.807, 2.05) is 5.32 Å². The van der Waals surface area contributed by atoms with Gasteiger partial charge >= 0.3 is 0 Å². The second kappa shape index (κ2) is 3.34. The summed E-state index contributed by atoms with van der Waals surface area (Å²) in [5, 5.41) is 19.0. The van der Waals surface area contributed by atoms with E-state index in [0.29, 0.717) is 0 Å². The van der Waals surface area contributed by atoms with Gasteiger partial charge in [0.05, 0.1) is 0 Å². The van der Waals surface area contributed by atoms with E-state index in [-0.39, 0.29) is 11.4 Å². The van der Waals surface area contributed by atoms with Crippen molar-refractivity contribution in [2.45, 2.75) is 0 Å². The van der Waals surface area contributed by atoms with Gasteiger partial charge in [0.15, 0.2) is 11.9 Å². The molecule has 0 aliphatic heterocycles. The number of nitriles is 1. The summed E-state index contributed by atoms with van der Waals surface area (Å²) in [6.45, 7) is 0. The molecular weight excluding hydrogens is 158 g/mol. The van der Waals surface area contributed by atoms with Crippen molar-refractivity contribution in [3.63, 3.8) is 0 Å². The highest BCUT2D eigenvalue weighted by Gasteiger charge is 2.10. The van der Waals surface area contributed by atoms with Crippen molar-refractivity contribution in [1.29, 1.82) is 5.26 Å². The molecule has 5 heteroatoms. The molecule has 1 aromatic rings. The van der Waals surface area contributed by atoms with Gasteiger partial charge in [0, 0.05) is 6.20 Å². The number of aromatic nitrogens is 1. The van der Waals surface area contributed by atoms with Crippen LogP contribution in [-0.2, 0) is 0 Å². The van der Waals surface area contributed by atoms with E-state index in [2.05, 4.69) is 4.98 Å². The van der Waals surface area contributed by atoms with Crippen LogP contribution in [0, 0.1) is 11.5 Å². The minimum absolute atomic E-state index is 0.154. The third kappa shape index (κ3) is 1.49. The Labute approximate surface area is 68.3 Å². The first-order valence-electron chi connectivity index (χ1n) is 3.09. The van der Waals surface area contributed by atoms with Gasteiger partial charge in [0.2, 0.25) is 0 Å². The molecule has 1 heterocycles. The lowest BCUT2D eigenvalue weighted by Gasteiger charge is -1.97. The van der Waals surface area contributed by atoms with Crippen LogP contribution in [0.15, 0.2) is 18.3 Å². The van der Waals surface area contributed by atoms with Crippen molar-refractivity contribution in [1.82, 2.24) is 10.3 Å². The molecule has 0 bridgehead atoms. The van der Waals surface area contributed by atoms with Gasteiger partial charge in [-0.25, -0.2) is 4.98 Å². The molecule has 2 N–H and O–H groups in total. The Morgan fingerprint density at radius 3 is 3.08 bits per heavy atom.